The van der Waals surface area contributed by atoms with Crippen LogP contribution in [0.4, 0.5) is 0 Å². The first-order chi connectivity index (χ1) is 11.4. The topological polar surface area (TPSA) is 50.6 Å². The fraction of sp³-hybridized carbons (Fsp3) is 0.778. The molecule has 0 N–H and O–H groups in total. The molecule has 0 aromatic carbocycles. The summed E-state index contributed by atoms with van der Waals surface area (Å²) in [6.07, 6.45) is 2.13. The first kappa shape index (κ1) is 18.9. The van der Waals surface area contributed by atoms with Crippen LogP contribution in [0, 0.1) is 12.8 Å². The van der Waals surface area contributed by atoms with Crippen LogP contribution >= 0.6 is 0 Å². The van der Waals surface area contributed by atoms with Gasteiger partial charge in [-0.15, -0.1) is 0 Å². The first-order valence-electron chi connectivity index (χ1n) is 9.02. The Morgan fingerprint density at radius 1 is 1.42 bits per heavy atom. The number of carbonyl (C=O) groups is 1. The van der Waals surface area contributed by atoms with Crippen molar-refractivity contribution in [2.45, 2.75) is 46.2 Å². The van der Waals surface area contributed by atoms with E-state index in [1.54, 1.807) is 4.68 Å². The number of rotatable bonds is 7. The summed E-state index contributed by atoms with van der Waals surface area (Å²) < 4.78 is 7.19. The van der Waals surface area contributed by atoms with Gasteiger partial charge in [-0.2, -0.15) is 5.10 Å². The number of amides is 1. The van der Waals surface area contributed by atoms with E-state index in [-0.39, 0.29) is 5.91 Å². The Hall–Kier alpha value is -1.40. The van der Waals surface area contributed by atoms with Gasteiger partial charge in [-0.05, 0) is 59.7 Å². The normalized spacial score (nSPS) is 17.5. The molecule has 1 aromatic rings. The van der Waals surface area contributed by atoms with Crippen molar-refractivity contribution < 1.29 is 9.53 Å². The Balaban J connectivity index is 1.98. The molecule has 1 aliphatic rings. The highest BCUT2D eigenvalue weighted by atomic mass is 16.5. The molecule has 1 aromatic heterocycles. The second-order valence-corrected chi connectivity index (χ2v) is 6.92. The summed E-state index contributed by atoms with van der Waals surface area (Å²) in [4.78, 5) is 17.1. The predicted molar refractivity (Wildman–Crippen MR) is 95.2 cm³/mol. The standard InChI is InChI=1S/C18H32N4O2/c1-6-24-12-11-22-17(13-14(2)19-22)18(23)21-9-7-16(8-10-21)15(3)20(4)5/h13,15-16H,6-12H2,1-5H3/t15-/m1/s1. The van der Waals surface area contributed by atoms with Crippen LogP contribution in [-0.4, -0.2) is 71.9 Å². The van der Waals surface area contributed by atoms with E-state index in [1.807, 2.05) is 24.8 Å². The zero-order chi connectivity index (χ0) is 17.7. The van der Waals surface area contributed by atoms with Gasteiger partial charge in [-0.25, -0.2) is 0 Å². The maximum absolute atomic E-state index is 12.9. The van der Waals surface area contributed by atoms with Crippen molar-refractivity contribution in [3.05, 3.63) is 17.5 Å². The summed E-state index contributed by atoms with van der Waals surface area (Å²) in [6, 6.07) is 2.45. The van der Waals surface area contributed by atoms with E-state index in [9.17, 15) is 4.79 Å². The molecule has 136 valence electrons. The van der Waals surface area contributed by atoms with Crippen LogP contribution in [0.15, 0.2) is 6.07 Å². The van der Waals surface area contributed by atoms with E-state index in [0.29, 0.717) is 37.4 Å². The minimum absolute atomic E-state index is 0.100. The second kappa shape index (κ2) is 8.62. The number of aryl methyl sites for hydroxylation is 1. The molecule has 1 atom stereocenters. The van der Waals surface area contributed by atoms with Crippen LogP contribution in [0.1, 0.15) is 42.9 Å². The maximum atomic E-state index is 12.9. The lowest BCUT2D eigenvalue weighted by Gasteiger charge is -2.37. The molecule has 1 saturated heterocycles. The Bertz CT molecular complexity index is 533. The van der Waals surface area contributed by atoms with Gasteiger partial charge in [0.05, 0.1) is 18.8 Å². The minimum Gasteiger partial charge on any atom is -0.380 e. The van der Waals surface area contributed by atoms with Crippen molar-refractivity contribution >= 4 is 5.91 Å². The molecule has 2 rings (SSSR count). The molecule has 1 fully saturated rings. The van der Waals surface area contributed by atoms with E-state index in [1.165, 1.54) is 0 Å². The van der Waals surface area contributed by atoms with E-state index in [2.05, 4.69) is 31.0 Å². The van der Waals surface area contributed by atoms with E-state index in [0.717, 1.165) is 31.6 Å². The Morgan fingerprint density at radius 2 is 2.08 bits per heavy atom. The summed E-state index contributed by atoms with van der Waals surface area (Å²) in [5.74, 6) is 0.761. The highest BCUT2D eigenvalue weighted by molar-refractivity contribution is 5.92. The van der Waals surface area contributed by atoms with Crippen molar-refractivity contribution in [1.82, 2.24) is 19.6 Å². The molecule has 6 heteroatoms. The van der Waals surface area contributed by atoms with Gasteiger partial charge < -0.3 is 14.5 Å². The minimum atomic E-state index is 0.100. The number of ether oxygens (including phenoxy) is 1. The van der Waals surface area contributed by atoms with Crippen molar-refractivity contribution in [1.29, 1.82) is 0 Å². The van der Waals surface area contributed by atoms with Crippen LogP contribution < -0.4 is 0 Å². The quantitative estimate of drug-likeness (QED) is 0.715. The third-order valence-corrected chi connectivity index (χ3v) is 5.10. The Kier molecular flexibility index (Phi) is 6.80. The van der Waals surface area contributed by atoms with Gasteiger partial charge >= 0.3 is 0 Å². The number of carbonyl (C=O) groups excluding carboxylic acids is 1. The molecule has 0 radical (unpaired) electrons. The average molecular weight is 336 g/mol. The molecule has 0 spiro atoms. The van der Waals surface area contributed by atoms with Gasteiger partial charge in [0.1, 0.15) is 5.69 Å². The monoisotopic (exact) mass is 336 g/mol. The van der Waals surface area contributed by atoms with Gasteiger partial charge in [0, 0.05) is 25.7 Å². The van der Waals surface area contributed by atoms with Crippen LogP contribution in [0.2, 0.25) is 0 Å². The average Bonchev–Trinajstić information content (AvgIpc) is 2.94. The zero-order valence-corrected chi connectivity index (χ0v) is 15.8. The molecule has 24 heavy (non-hydrogen) atoms. The van der Waals surface area contributed by atoms with E-state index >= 15 is 0 Å². The molecule has 0 aliphatic carbocycles. The third kappa shape index (κ3) is 4.57. The maximum Gasteiger partial charge on any atom is 0.272 e. The fourth-order valence-electron chi connectivity index (χ4n) is 3.35. The van der Waals surface area contributed by atoms with Crippen molar-refractivity contribution in [3.63, 3.8) is 0 Å². The number of piperidine rings is 1. The van der Waals surface area contributed by atoms with E-state index < -0.39 is 0 Å². The number of likely N-dealkylation sites (tertiary alicyclic amines) is 1. The molecule has 0 unspecified atom stereocenters. The lowest BCUT2D eigenvalue weighted by Crippen LogP contribution is -2.44. The second-order valence-electron chi connectivity index (χ2n) is 6.92. The Labute approximate surface area is 145 Å². The zero-order valence-electron chi connectivity index (χ0n) is 15.8. The number of hydrogen-bond acceptors (Lipinski definition) is 4. The molecular weight excluding hydrogens is 304 g/mol. The highest BCUT2D eigenvalue weighted by Crippen LogP contribution is 2.24. The summed E-state index contributed by atoms with van der Waals surface area (Å²) in [7, 11) is 4.25. The van der Waals surface area contributed by atoms with Crippen molar-refractivity contribution in [3.8, 4) is 0 Å². The van der Waals surface area contributed by atoms with Crippen molar-refractivity contribution in [2.24, 2.45) is 5.92 Å². The molecule has 1 aliphatic heterocycles. The summed E-state index contributed by atoms with van der Waals surface area (Å²) in [5, 5.41) is 4.45. The Morgan fingerprint density at radius 3 is 2.67 bits per heavy atom. The van der Waals surface area contributed by atoms with Crippen molar-refractivity contribution in [2.75, 3.05) is 40.4 Å². The number of aromatic nitrogens is 2. The largest absolute Gasteiger partial charge is 0.380 e. The van der Waals surface area contributed by atoms with Crippen LogP contribution in [-0.2, 0) is 11.3 Å². The van der Waals surface area contributed by atoms with Gasteiger partial charge in [-0.3, -0.25) is 9.48 Å². The molecule has 1 amide bonds. The number of hydrogen-bond donors (Lipinski definition) is 0. The van der Waals surface area contributed by atoms with Crippen LogP contribution in [0.25, 0.3) is 0 Å². The highest BCUT2D eigenvalue weighted by Gasteiger charge is 2.29. The summed E-state index contributed by atoms with van der Waals surface area (Å²) in [6.45, 7) is 9.72. The van der Waals surface area contributed by atoms with Gasteiger partial charge in [0.15, 0.2) is 0 Å². The summed E-state index contributed by atoms with van der Waals surface area (Å²) >= 11 is 0. The fourth-order valence-corrected chi connectivity index (χ4v) is 3.35. The van der Waals surface area contributed by atoms with Gasteiger partial charge in [0.25, 0.3) is 5.91 Å². The van der Waals surface area contributed by atoms with Gasteiger partial charge in [-0.1, -0.05) is 0 Å². The van der Waals surface area contributed by atoms with E-state index in [4.69, 9.17) is 4.74 Å². The van der Waals surface area contributed by atoms with Gasteiger partial charge in [0.2, 0.25) is 0 Å². The SMILES string of the molecule is CCOCCn1nc(C)cc1C(=O)N1CCC([C@@H](C)N(C)C)CC1. The lowest BCUT2D eigenvalue weighted by molar-refractivity contribution is 0.0624. The molecule has 2 heterocycles. The summed E-state index contributed by atoms with van der Waals surface area (Å²) in [5.41, 5.74) is 1.57. The predicted octanol–water partition coefficient (Wildman–Crippen LogP) is 2.03. The molecule has 0 bridgehead atoms. The lowest BCUT2D eigenvalue weighted by atomic mass is 9.89. The molecule has 6 nitrogen and oxygen atoms in total. The molecular formula is C18H32N4O2. The molecule has 0 saturated carbocycles. The number of nitrogens with zero attached hydrogens (tertiary/aromatic N) is 4. The smallest absolute Gasteiger partial charge is 0.272 e. The first-order valence-corrected chi connectivity index (χ1v) is 9.02. The van der Waals surface area contributed by atoms with Crippen LogP contribution in [0.5, 0.6) is 0 Å². The third-order valence-electron chi connectivity index (χ3n) is 5.10. The van der Waals surface area contributed by atoms with Crippen LogP contribution in [0.3, 0.4) is 0 Å².